The molecular weight excluding hydrogens is 616 g/mol. The molecule has 0 spiro atoms. The first-order chi connectivity index (χ1) is 23.1. The predicted molar refractivity (Wildman–Crippen MR) is 176 cm³/mol. The molecule has 48 heavy (non-hydrogen) atoms. The van der Waals surface area contributed by atoms with E-state index in [0.717, 1.165) is 78.9 Å². The highest BCUT2D eigenvalue weighted by molar-refractivity contribution is 5.97. The van der Waals surface area contributed by atoms with Gasteiger partial charge in [-0.2, -0.15) is 0 Å². The normalized spacial score (nSPS) is 21.0. The van der Waals surface area contributed by atoms with E-state index in [9.17, 15) is 18.4 Å². The van der Waals surface area contributed by atoms with Crippen molar-refractivity contribution in [3.05, 3.63) is 82.7 Å². The summed E-state index contributed by atoms with van der Waals surface area (Å²) >= 11 is 0. The van der Waals surface area contributed by atoms with Gasteiger partial charge in [-0.3, -0.25) is 14.0 Å². The molecule has 3 N–H and O–H groups in total. The molecule has 4 aromatic heterocycles. The summed E-state index contributed by atoms with van der Waals surface area (Å²) in [5, 5.41) is 3.59. The summed E-state index contributed by atoms with van der Waals surface area (Å²) in [7, 11) is 1.59. The molecule has 3 fully saturated rings. The minimum Gasteiger partial charge on any atom is -0.482 e. The van der Waals surface area contributed by atoms with Crippen LogP contribution >= 0.6 is 0 Å². The van der Waals surface area contributed by atoms with Gasteiger partial charge in [0.05, 0.1) is 30.2 Å². The lowest BCUT2D eigenvalue weighted by Crippen LogP contribution is -2.40. The van der Waals surface area contributed by atoms with Gasteiger partial charge in [0.25, 0.3) is 11.8 Å². The fraction of sp³-hybridized carbons (Fsp3) is 0.389. The molecule has 2 aliphatic heterocycles. The Labute approximate surface area is 275 Å². The molecule has 5 aromatic rings. The van der Waals surface area contributed by atoms with Crippen molar-refractivity contribution in [2.24, 2.45) is 11.7 Å². The first kappa shape index (κ1) is 30.5. The average Bonchev–Trinajstić information content (AvgIpc) is 3.38. The third-order valence-corrected chi connectivity index (χ3v) is 10.3. The van der Waals surface area contributed by atoms with E-state index in [0.29, 0.717) is 28.7 Å². The number of amides is 2. The number of halogens is 2. The van der Waals surface area contributed by atoms with E-state index in [-0.39, 0.29) is 24.0 Å². The molecule has 12 heteroatoms. The topological polar surface area (TPSA) is 120 Å². The highest BCUT2D eigenvalue weighted by atomic mass is 19.1. The summed E-state index contributed by atoms with van der Waals surface area (Å²) in [6.45, 7) is 4.46. The number of ether oxygens (including phenoxy) is 1. The number of pyridine rings is 2. The maximum atomic E-state index is 14.3. The van der Waals surface area contributed by atoms with Crippen LogP contribution in [0.5, 0.6) is 5.88 Å². The number of carbonyl (C=O) groups excluding carboxylic acids is 2. The van der Waals surface area contributed by atoms with E-state index in [1.807, 2.05) is 34.4 Å². The van der Waals surface area contributed by atoms with Crippen molar-refractivity contribution >= 4 is 28.5 Å². The van der Waals surface area contributed by atoms with Gasteiger partial charge in [0.2, 0.25) is 0 Å². The van der Waals surface area contributed by atoms with Gasteiger partial charge in [-0.05, 0) is 88.3 Å². The van der Waals surface area contributed by atoms with E-state index >= 15 is 0 Å². The van der Waals surface area contributed by atoms with Gasteiger partial charge in [0.1, 0.15) is 34.2 Å². The molecule has 10 nitrogen and oxygen atoms in total. The molecule has 1 saturated carbocycles. The van der Waals surface area contributed by atoms with Gasteiger partial charge in [-0.15, -0.1) is 0 Å². The second-order valence-corrected chi connectivity index (χ2v) is 13.5. The molecular formula is C36H37F2N7O3. The molecule has 248 valence electrons. The molecule has 2 bridgehead atoms. The van der Waals surface area contributed by atoms with Gasteiger partial charge >= 0.3 is 0 Å². The van der Waals surface area contributed by atoms with Gasteiger partial charge in [-0.25, -0.2) is 18.7 Å². The smallest absolute Gasteiger partial charge is 0.257 e. The molecule has 2 saturated heterocycles. The summed E-state index contributed by atoms with van der Waals surface area (Å²) < 4.78 is 38.5. The number of hydrogen-bond donors (Lipinski definition) is 2. The SMILES string of the molecule is COc1cc(C(=O)N2[C@H]3CC[C@@H]2[C@H](N)C3)cc2nc(-c3cc4ccc([C@@H](C)NC(=O)c5c(F)cccc5F)nc4n3CC3CC3)c(C)n12. The van der Waals surface area contributed by atoms with Crippen molar-refractivity contribution < 1.29 is 23.1 Å². The molecule has 0 radical (unpaired) electrons. The molecule has 2 amide bonds. The number of nitrogens with zero attached hydrogens (tertiary/aromatic N) is 5. The van der Waals surface area contributed by atoms with Crippen LogP contribution in [0.4, 0.5) is 8.78 Å². The number of aromatic nitrogens is 4. The Morgan fingerprint density at radius 1 is 1.06 bits per heavy atom. The second kappa shape index (κ2) is 11.4. The van der Waals surface area contributed by atoms with Crippen molar-refractivity contribution in [3.8, 4) is 17.3 Å². The average molecular weight is 654 g/mol. The fourth-order valence-corrected chi connectivity index (χ4v) is 7.67. The number of aryl methyl sites for hydroxylation is 1. The maximum absolute atomic E-state index is 14.3. The quantitative estimate of drug-likeness (QED) is 0.227. The zero-order valence-electron chi connectivity index (χ0n) is 27.0. The van der Waals surface area contributed by atoms with Crippen LogP contribution in [0.3, 0.4) is 0 Å². The minimum atomic E-state index is -0.922. The van der Waals surface area contributed by atoms with Crippen LogP contribution in [-0.4, -0.2) is 60.9 Å². The van der Waals surface area contributed by atoms with Gasteiger partial charge < -0.3 is 25.3 Å². The van der Waals surface area contributed by atoms with Gasteiger partial charge in [0, 0.05) is 41.7 Å². The number of carbonyl (C=O) groups is 2. The number of methoxy groups -OCH3 is 1. The van der Waals surface area contributed by atoms with Crippen LogP contribution in [0.2, 0.25) is 0 Å². The Hall–Kier alpha value is -4.84. The van der Waals surface area contributed by atoms with Gasteiger partial charge in [-0.1, -0.05) is 6.07 Å². The summed E-state index contributed by atoms with van der Waals surface area (Å²) in [5.74, 6) is -1.71. The van der Waals surface area contributed by atoms with E-state index in [1.165, 1.54) is 6.07 Å². The Morgan fingerprint density at radius 2 is 1.83 bits per heavy atom. The lowest BCUT2D eigenvalue weighted by Gasteiger charge is -2.23. The first-order valence-corrected chi connectivity index (χ1v) is 16.5. The van der Waals surface area contributed by atoms with Crippen LogP contribution in [0.1, 0.15) is 77.2 Å². The lowest BCUT2D eigenvalue weighted by atomic mass is 9.97. The molecule has 1 aromatic carbocycles. The number of imidazole rings is 1. The van der Waals surface area contributed by atoms with Crippen molar-refractivity contribution in [2.45, 2.75) is 76.7 Å². The van der Waals surface area contributed by atoms with Crippen molar-refractivity contribution in [2.75, 3.05) is 7.11 Å². The number of nitrogens with two attached hydrogens (primary N) is 1. The molecule has 3 aliphatic rings. The van der Waals surface area contributed by atoms with Crippen LogP contribution in [0, 0.1) is 24.5 Å². The number of nitrogens with one attached hydrogen (secondary N) is 1. The van der Waals surface area contributed by atoms with Crippen LogP contribution < -0.4 is 15.8 Å². The Bertz CT molecular complexity index is 2100. The standard InChI is InChI=1S/C36H37F2N7O3/c1-18(40-35(46)32-24(37)5-4-6-25(32)38)27-11-9-21-13-29(43(34(21)41-27)17-20-7-8-20)33-19(2)44-30(42-33)14-22(15-31(44)48-3)36(47)45-23-10-12-28(45)26(39)16-23/h4-6,9,11,13-15,18,20,23,26,28H,7-8,10,12,16-17,39H2,1-3H3,(H,40,46)/t18-,23+,26-,28-/m1/s1. The Morgan fingerprint density at radius 3 is 2.50 bits per heavy atom. The zero-order chi connectivity index (χ0) is 33.4. The number of fused-ring (bicyclic) bond motifs is 4. The Kier molecular flexibility index (Phi) is 7.24. The van der Waals surface area contributed by atoms with Crippen molar-refractivity contribution in [1.82, 2.24) is 29.2 Å². The highest BCUT2D eigenvalue weighted by Gasteiger charge is 2.47. The third kappa shape index (κ3) is 4.92. The molecule has 8 rings (SSSR count). The van der Waals surface area contributed by atoms with E-state index in [4.69, 9.17) is 20.4 Å². The minimum absolute atomic E-state index is 0.00947. The summed E-state index contributed by atoms with van der Waals surface area (Å²) in [6, 6.07) is 12.4. The zero-order valence-corrected chi connectivity index (χ0v) is 27.0. The third-order valence-electron chi connectivity index (χ3n) is 10.3. The Balaban J connectivity index is 1.17. The van der Waals surface area contributed by atoms with E-state index in [1.54, 1.807) is 20.1 Å². The molecule has 1 aliphatic carbocycles. The van der Waals surface area contributed by atoms with E-state index in [2.05, 4.69) is 16.0 Å². The van der Waals surface area contributed by atoms with Gasteiger partial charge in [0.15, 0.2) is 5.88 Å². The molecule has 4 atom stereocenters. The maximum Gasteiger partial charge on any atom is 0.257 e. The summed E-state index contributed by atoms with van der Waals surface area (Å²) in [4.78, 5) is 38.6. The van der Waals surface area contributed by atoms with Crippen LogP contribution in [0.15, 0.2) is 48.5 Å². The lowest BCUT2D eigenvalue weighted by molar-refractivity contribution is 0.0725. The van der Waals surface area contributed by atoms with Crippen LogP contribution in [-0.2, 0) is 6.54 Å². The second-order valence-electron chi connectivity index (χ2n) is 13.5. The highest BCUT2D eigenvalue weighted by Crippen LogP contribution is 2.40. The van der Waals surface area contributed by atoms with Crippen LogP contribution in [0.25, 0.3) is 28.1 Å². The molecule has 0 unspecified atom stereocenters. The summed E-state index contributed by atoms with van der Waals surface area (Å²) in [5.41, 5.74) is 10.6. The monoisotopic (exact) mass is 653 g/mol. The number of benzene rings is 1. The van der Waals surface area contributed by atoms with E-state index < -0.39 is 29.1 Å². The number of hydrogen-bond acceptors (Lipinski definition) is 6. The predicted octanol–water partition coefficient (Wildman–Crippen LogP) is 5.55. The number of rotatable bonds is 8. The first-order valence-electron chi connectivity index (χ1n) is 16.5. The van der Waals surface area contributed by atoms with Crippen molar-refractivity contribution in [1.29, 1.82) is 0 Å². The largest absolute Gasteiger partial charge is 0.482 e. The molecule has 6 heterocycles. The fourth-order valence-electron chi connectivity index (χ4n) is 7.67. The van der Waals surface area contributed by atoms with Crippen molar-refractivity contribution in [3.63, 3.8) is 0 Å². The summed E-state index contributed by atoms with van der Waals surface area (Å²) in [6.07, 6.45) is 4.97.